The van der Waals surface area contributed by atoms with E-state index >= 15 is 0 Å². The van der Waals surface area contributed by atoms with Crippen molar-refractivity contribution in [3.05, 3.63) is 30.5 Å². The minimum atomic E-state index is 0.284. The maximum Gasteiger partial charge on any atom is 0.222 e. The van der Waals surface area contributed by atoms with Gasteiger partial charge in [-0.1, -0.05) is 6.07 Å². The first kappa shape index (κ1) is 17.4. The Morgan fingerprint density at radius 1 is 1.18 bits per heavy atom. The summed E-state index contributed by atoms with van der Waals surface area (Å²) in [5.41, 5.74) is 9.04. The van der Waals surface area contributed by atoms with Crippen molar-refractivity contribution >= 4 is 22.7 Å². The molecule has 3 heterocycles. The van der Waals surface area contributed by atoms with Crippen LogP contribution in [-0.2, 0) is 4.74 Å². The van der Waals surface area contributed by atoms with Gasteiger partial charge in [0.05, 0.1) is 24.4 Å². The summed E-state index contributed by atoms with van der Waals surface area (Å²) in [6.45, 7) is 5.76. The molecule has 0 bridgehead atoms. The molecule has 4 N–H and O–H groups in total. The van der Waals surface area contributed by atoms with Crippen molar-refractivity contribution in [3.63, 3.8) is 0 Å². The number of rotatable bonds is 6. The van der Waals surface area contributed by atoms with Crippen LogP contribution in [0, 0.1) is 5.41 Å². The molecule has 1 saturated heterocycles. The zero-order chi connectivity index (χ0) is 19.0. The third-order valence-corrected chi connectivity index (χ3v) is 5.76. The highest BCUT2D eigenvalue weighted by Crippen LogP contribution is 2.46. The molecule has 8 nitrogen and oxygen atoms in total. The van der Waals surface area contributed by atoms with Gasteiger partial charge in [0.25, 0.3) is 0 Å². The number of benzene rings is 1. The number of nitrogens with two attached hydrogens (primary N) is 1. The van der Waals surface area contributed by atoms with Gasteiger partial charge < -0.3 is 15.8 Å². The van der Waals surface area contributed by atoms with Crippen molar-refractivity contribution in [2.24, 2.45) is 5.41 Å². The van der Waals surface area contributed by atoms with E-state index in [-0.39, 0.29) is 5.95 Å². The third kappa shape index (κ3) is 3.53. The van der Waals surface area contributed by atoms with Gasteiger partial charge in [0.1, 0.15) is 5.82 Å². The van der Waals surface area contributed by atoms with Gasteiger partial charge in [-0.15, -0.1) is 0 Å². The number of fused-ring (bicyclic) bond motifs is 1. The molecule has 1 saturated carbocycles. The van der Waals surface area contributed by atoms with E-state index in [0.29, 0.717) is 5.41 Å². The van der Waals surface area contributed by atoms with Crippen LogP contribution in [-0.4, -0.2) is 64.5 Å². The number of nitrogens with zero attached hydrogens (tertiary/aromatic N) is 4. The minimum absolute atomic E-state index is 0.284. The summed E-state index contributed by atoms with van der Waals surface area (Å²) in [7, 11) is 0. The average Bonchev–Trinajstić information content (AvgIpc) is 3.25. The van der Waals surface area contributed by atoms with Crippen LogP contribution in [0.5, 0.6) is 0 Å². The van der Waals surface area contributed by atoms with Crippen molar-refractivity contribution in [1.29, 1.82) is 0 Å². The molecule has 5 rings (SSSR count). The molecule has 146 valence electrons. The van der Waals surface area contributed by atoms with Crippen LogP contribution >= 0.6 is 0 Å². The number of hydrogen-bond donors (Lipinski definition) is 3. The largest absolute Gasteiger partial charge is 0.379 e. The SMILES string of the molecule is Nc1nc(NCC2(CN3CCOCC3)CC2)c2ccc(-c3cc[nH]n3)cc2n1. The van der Waals surface area contributed by atoms with Gasteiger partial charge >= 0.3 is 0 Å². The molecule has 0 atom stereocenters. The number of ether oxygens (including phenoxy) is 1. The van der Waals surface area contributed by atoms with Crippen molar-refractivity contribution in [2.75, 3.05) is 50.4 Å². The third-order valence-electron chi connectivity index (χ3n) is 5.76. The summed E-state index contributed by atoms with van der Waals surface area (Å²) in [5.74, 6) is 1.09. The van der Waals surface area contributed by atoms with Crippen LogP contribution in [0.15, 0.2) is 30.5 Å². The number of hydrogen-bond acceptors (Lipinski definition) is 7. The second-order valence-corrected chi connectivity index (χ2v) is 7.86. The second-order valence-electron chi connectivity index (χ2n) is 7.86. The lowest BCUT2D eigenvalue weighted by atomic mass is 10.1. The van der Waals surface area contributed by atoms with Gasteiger partial charge in [-0.2, -0.15) is 10.1 Å². The van der Waals surface area contributed by atoms with Crippen molar-refractivity contribution in [3.8, 4) is 11.3 Å². The average molecular weight is 379 g/mol. The van der Waals surface area contributed by atoms with Gasteiger partial charge in [-0.25, -0.2) is 4.98 Å². The van der Waals surface area contributed by atoms with Crippen LogP contribution in [0.25, 0.3) is 22.2 Å². The zero-order valence-corrected chi connectivity index (χ0v) is 15.8. The number of nitrogen functional groups attached to an aromatic ring is 1. The van der Waals surface area contributed by atoms with E-state index in [9.17, 15) is 0 Å². The lowest BCUT2D eigenvalue weighted by Gasteiger charge is -2.30. The maximum atomic E-state index is 5.99. The van der Waals surface area contributed by atoms with Crippen LogP contribution in [0.1, 0.15) is 12.8 Å². The highest BCUT2D eigenvalue weighted by molar-refractivity contribution is 5.92. The summed E-state index contributed by atoms with van der Waals surface area (Å²) in [6, 6.07) is 8.04. The molecular weight excluding hydrogens is 354 g/mol. The molecule has 2 fully saturated rings. The quantitative estimate of drug-likeness (QED) is 0.602. The number of aromatic amines is 1. The molecule has 1 aliphatic carbocycles. The maximum absolute atomic E-state index is 5.99. The number of nitrogens with one attached hydrogen (secondary N) is 2. The monoisotopic (exact) mass is 379 g/mol. The summed E-state index contributed by atoms with van der Waals surface area (Å²) < 4.78 is 5.47. The number of morpholine rings is 1. The first-order valence-corrected chi connectivity index (χ1v) is 9.82. The Labute approximate surface area is 163 Å². The Kier molecular flexibility index (Phi) is 4.37. The topological polar surface area (TPSA) is 105 Å². The smallest absolute Gasteiger partial charge is 0.222 e. The summed E-state index contributed by atoms with van der Waals surface area (Å²) in [5, 5.41) is 11.6. The predicted molar refractivity (Wildman–Crippen MR) is 109 cm³/mol. The molecule has 0 spiro atoms. The highest BCUT2D eigenvalue weighted by Gasteiger charge is 2.43. The molecule has 0 radical (unpaired) electrons. The minimum Gasteiger partial charge on any atom is -0.379 e. The lowest BCUT2D eigenvalue weighted by molar-refractivity contribution is 0.0294. The van der Waals surface area contributed by atoms with Crippen LogP contribution in [0.2, 0.25) is 0 Å². The molecule has 8 heteroatoms. The van der Waals surface area contributed by atoms with Crippen molar-refractivity contribution in [1.82, 2.24) is 25.1 Å². The van der Waals surface area contributed by atoms with E-state index in [1.165, 1.54) is 12.8 Å². The molecule has 28 heavy (non-hydrogen) atoms. The molecule has 2 aliphatic rings. The molecule has 2 aromatic heterocycles. The van der Waals surface area contributed by atoms with E-state index in [2.05, 4.69) is 30.4 Å². The summed E-state index contributed by atoms with van der Waals surface area (Å²) in [4.78, 5) is 11.4. The van der Waals surface area contributed by atoms with Gasteiger partial charge in [0.15, 0.2) is 0 Å². The number of aromatic nitrogens is 4. The van der Waals surface area contributed by atoms with Gasteiger partial charge in [-0.05, 0) is 31.0 Å². The molecule has 0 amide bonds. The fourth-order valence-electron chi connectivity index (χ4n) is 3.94. The molecule has 1 aromatic carbocycles. The number of anilines is 2. The standard InChI is InChI=1S/C20H25N7O/c21-19-24-17-11-14(16-3-6-23-26-16)1-2-15(17)18(25-19)22-12-20(4-5-20)13-27-7-9-28-10-8-27/h1-3,6,11H,4-5,7-10,12-13H2,(H,23,26)(H3,21,22,24,25). The van der Waals surface area contributed by atoms with E-state index < -0.39 is 0 Å². The summed E-state index contributed by atoms with van der Waals surface area (Å²) in [6.07, 6.45) is 4.31. The van der Waals surface area contributed by atoms with Crippen LogP contribution in [0.3, 0.4) is 0 Å². The fourth-order valence-corrected chi connectivity index (χ4v) is 3.94. The first-order chi connectivity index (χ1) is 13.7. The van der Waals surface area contributed by atoms with Gasteiger partial charge in [-0.3, -0.25) is 10.00 Å². The Hall–Kier alpha value is -2.71. The molecular formula is C20H25N7O. The molecule has 3 aromatic rings. The highest BCUT2D eigenvalue weighted by atomic mass is 16.5. The Bertz CT molecular complexity index is 962. The van der Waals surface area contributed by atoms with Gasteiger partial charge in [0.2, 0.25) is 5.95 Å². The number of H-pyrrole nitrogens is 1. The predicted octanol–water partition coefficient (Wildman–Crippen LogP) is 2.13. The molecule has 1 aliphatic heterocycles. The normalized spacial score (nSPS) is 19.0. The second kappa shape index (κ2) is 7.03. The van der Waals surface area contributed by atoms with Crippen molar-refractivity contribution in [2.45, 2.75) is 12.8 Å². The molecule has 0 unspecified atom stereocenters. The Balaban J connectivity index is 1.35. The zero-order valence-electron chi connectivity index (χ0n) is 15.8. The van der Waals surface area contributed by atoms with Gasteiger partial charge in [0, 0.05) is 48.7 Å². The van der Waals surface area contributed by atoms with Crippen LogP contribution in [0.4, 0.5) is 11.8 Å². The summed E-state index contributed by atoms with van der Waals surface area (Å²) >= 11 is 0. The Morgan fingerprint density at radius 2 is 2.04 bits per heavy atom. The fraction of sp³-hybridized carbons (Fsp3) is 0.450. The van der Waals surface area contributed by atoms with E-state index in [1.807, 2.05) is 30.5 Å². The first-order valence-electron chi connectivity index (χ1n) is 9.82. The van der Waals surface area contributed by atoms with Crippen LogP contribution < -0.4 is 11.1 Å². The van der Waals surface area contributed by atoms with E-state index in [1.54, 1.807) is 0 Å². The lowest BCUT2D eigenvalue weighted by Crippen LogP contribution is -2.41. The van der Waals surface area contributed by atoms with E-state index in [4.69, 9.17) is 10.5 Å². The van der Waals surface area contributed by atoms with Crippen molar-refractivity contribution < 1.29 is 4.74 Å². The Morgan fingerprint density at radius 3 is 2.79 bits per heavy atom. The van der Waals surface area contributed by atoms with E-state index in [0.717, 1.165) is 67.4 Å².